The van der Waals surface area contributed by atoms with Crippen molar-refractivity contribution in [1.29, 1.82) is 0 Å². The van der Waals surface area contributed by atoms with Crippen LogP contribution in [0, 0.1) is 5.82 Å². The Balaban J connectivity index is 1.25. The maximum absolute atomic E-state index is 13.1. The third kappa shape index (κ3) is 5.89. The van der Waals surface area contributed by atoms with Gasteiger partial charge < -0.3 is 10.2 Å². The first-order chi connectivity index (χ1) is 15.8. The van der Waals surface area contributed by atoms with Crippen LogP contribution in [0.5, 0.6) is 0 Å². The number of sulfonamides is 1. The van der Waals surface area contributed by atoms with Gasteiger partial charge in [-0.25, -0.2) is 12.8 Å². The van der Waals surface area contributed by atoms with Crippen LogP contribution in [0.2, 0.25) is 0 Å². The van der Waals surface area contributed by atoms with Gasteiger partial charge in [0.05, 0.1) is 11.6 Å². The highest BCUT2D eigenvalue weighted by molar-refractivity contribution is 7.89. The first kappa shape index (κ1) is 23.6. The van der Waals surface area contributed by atoms with E-state index < -0.39 is 15.8 Å². The molecule has 0 spiro atoms. The first-order valence-electron chi connectivity index (χ1n) is 11.1. The zero-order valence-electron chi connectivity index (χ0n) is 18.8. The molecule has 2 aliphatic heterocycles. The molecule has 10 heteroatoms. The van der Waals surface area contributed by atoms with Crippen molar-refractivity contribution in [3.8, 4) is 0 Å². The molecular weight excluding hydrogens is 445 g/mol. The van der Waals surface area contributed by atoms with Gasteiger partial charge in [0.15, 0.2) is 0 Å². The Morgan fingerprint density at radius 2 is 1.52 bits per heavy atom. The van der Waals surface area contributed by atoms with E-state index >= 15 is 0 Å². The quantitative estimate of drug-likeness (QED) is 0.688. The summed E-state index contributed by atoms with van der Waals surface area (Å²) < 4.78 is 40.2. The van der Waals surface area contributed by atoms with Crippen LogP contribution in [0.3, 0.4) is 0 Å². The zero-order valence-corrected chi connectivity index (χ0v) is 19.6. The molecule has 1 amide bonds. The van der Waals surface area contributed by atoms with E-state index in [2.05, 4.69) is 26.1 Å². The second kappa shape index (κ2) is 10.2. The van der Waals surface area contributed by atoms with Crippen LogP contribution >= 0.6 is 0 Å². The van der Waals surface area contributed by atoms with E-state index in [1.165, 1.54) is 35.5 Å². The van der Waals surface area contributed by atoms with Crippen LogP contribution in [0.25, 0.3) is 0 Å². The molecule has 0 saturated carbocycles. The van der Waals surface area contributed by atoms with E-state index in [1.54, 1.807) is 0 Å². The Kier molecular flexibility index (Phi) is 7.28. The molecule has 2 heterocycles. The zero-order chi connectivity index (χ0) is 23.4. The summed E-state index contributed by atoms with van der Waals surface area (Å²) in [6.07, 6.45) is 0. The molecule has 2 aliphatic rings. The molecule has 2 aromatic carbocycles. The van der Waals surface area contributed by atoms with Crippen LogP contribution in [-0.2, 0) is 14.8 Å². The van der Waals surface area contributed by atoms with Gasteiger partial charge in [0.2, 0.25) is 15.9 Å². The highest BCUT2D eigenvalue weighted by Gasteiger charge is 2.29. The summed E-state index contributed by atoms with van der Waals surface area (Å²) in [4.78, 5) is 18.4. The predicted octanol–water partition coefficient (Wildman–Crippen LogP) is 1.87. The summed E-state index contributed by atoms with van der Waals surface area (Å²) in [5, 5.41) is 2.83. The van der Waals surface area contributed by atoms with Crippen molar-refractivity contribution >= 4 is 27.3 Å². The molecule has 2 saturated heterocycles. The minimum Gasteiger partial charge on any atom is -0.369 e. The largest absolute Gasteiger partial charge is 0.369 e. The third-order valence-corrected chi connectivity index (χ3v) is 8.00. The summed E-state index contributed by atoms with van der Waals surface area (Å²) in [7, 11) is -3.59. The van der Waals surface area contributed by atoms with E-state index in [-0.39, 0.29) is 10.8 Å². The van der Waals surface area contributed by atoms with E-state index in [1.807, 2.05) is 18.2 Å². The standard InChI is InChI=1S/C23H30FN5O3S/c1-19(30)25-21-3-2-4-22(17-21)28-13-9-26(10-14-28)18-27-11-15-29(16-12-27)33(31,32)23-7-5-20(24)6-8-23/h2-8,17H,9-16,18H2,1H3,(H,25,30). The van der Waals surface area contributed by atoms with Gasteiger partial charge in [-0.3, -0.25) is 14.6 Å². The number of anilines is 2. The SMILES string of the molecule is CC(=O)Nc1cccc(N2CCN(CN3CCN(S(=O)(=O)c4ccc(F)cc4)CC3)CC2)c1. The number of carbonyl (C=O) groups excluding carboxylic acids is 1. The number of piperazine rings is 2. The average Bonchev–Trinajstić information content (AvgIpc) is 2.80. The number of benzene rings is 2. The maximum Gasteiger partial charge on any atom is 0.243 e. The molecule has 0 atom stereocenters. The molecule has 0 radical (unpaired) electrons. The van der Waals surface area contributed by atoms with Gasteiger partial charge >= 0.3 is 0 Å². The number of hydrogen-bond acceptors (Lipinski definition) is 6. The van der Waals surface area contributed by atoms with Gasteiger partial charge in [-0.05, 0) is 42.5 Å². The number of halogens is 1. The molecular formula is C23H30FN5O3S. The van der Waals surface area contributed by atoms with E-state index in [0.29, 0.717) is 26.2 Å². The lowest BCUT2D eigenvalue weighted by Gasteiger charge is -2.41. The van der Waals surface area contributed by atoms with Crippen molar-refractivity contribution in [3.05, 3.63) is 54.3 Å². The van der Waals surface area contributed by atoms with Crippen LogP contribution < -0.4 is 10.2 Å². The minimum atomic E-state index is -3.59. The van der Waals surface area contributed by atoms with Gasteiger partial charge in [0.1, 0.15) is 5.82 Å². The Labute approximate surface area is 194 Å². The summed E-state index contributed by atoms with van der Waals surface area (Å²) in [5.41, 5.74) is 1.90. The molecule has 8 nitrogen and oxygen atoms in total. The van der Waals surface area contributed by atoms with Crippen molar-refractivity contribution in [2.24, 2.45) is 0 Å². The number of amides is 1. The summed E-state index contributed by atoms with van der Waals surface area (Å²) >= 11 is 0. The van der Waals surface area contributed by atoms with Crippen LogP contribution in [0.1, 0.15) is 6.92 Å². The van der Waals surface area contributed by atoms with Gasteiger partial charge in [0.25, 0.3) is 0 Å². The second-order valence-electron chi connectivity index (χ2n) is 8.45. The van der Waals surface area contributed by atoms with Crippen molar-refractivity contribution in [2.45, 2.75) is 11.8 Å². The fraction of sp³-hybridized carbons (Fsp3) is 0.435. The smallest absolute Gasteiger partial charge is 0.243 e. The minimum absolute atomic E-state index is 0.0810. The topological polar surface area (TPSA) is 76.2 Å². The maximum atomic E-state index is 13.1. The first-order valence-corrected chi connectivity index (χ1v) is 12.6. The van der Waals surface area contributed by atoms with Crippen molar-refractivity contribution < 1.29 is 17.6 Å². The van der Waals surface area contributed by atoms with Crippen molar-refractivity contribution in [2.75, 3.05) is 69.2 Å². The lowest BCUT2D eigenvalue weighted by Crippen LogP contribution is -2.54. The average molecular weight is 476 g/mol. The fourth-order valence-corrected chi connectivity index (χ4v) is 5.70. The number of rotatable bonds is 6. The summed E-state index contributed by atoms with van der Waals surface area (Å²) in [5.74, 6) is -0.526. The van der Waals surface area contributed by atoms with Crippen molar-refractivity contribution in [1.82, 2.24) is 14.1 Å². The van der Waals surface area contributed by atoms with Crippen LogP contribution in [-0.4, -0.2) is 87.5 Å². The Morgan fingerprint density at radius 3 is 2.12 bits per heavy atom. The Hall–Kier alpha value is -2.53. The van der Waals surface area contributed by atoms with E-state index in [4.69, 9.17) is 0 Å². The molecule has 33 heavy (non-hydrogen) atoms. The van der Waals surface area contributed by atoms with Gasteiger partial charge in [-0.15, -0.1) is 0 Å². The second-order valence-corrected chi connectivity index (χ2v) is 10.4. The highest BCUT2D eigenvalue weighted by atomic mass is 32.2. The molecule has 0 aliphatic carbocycles. The molecule has 4 rings (SSSR count). The fourth-order valence-electron chi connectivity index (χ4n) is 4.28. The predicted molar refractivity (Wildman–Crippen MR) is 126 cm³/mol. The van der Waals surface area contributed by atoms with Crippen LogP contribution in [0.4, 0.5) is 15.8 Å². The molecule has 2 aromatic rings. The van der Waals surface area contributed by atoms with Gasteiger partial charge in [-0.1, -0.05) is 6.07 Å². The third-order valence-electron chi connectivity index (χ3n) is 6.09. The Bertz CT molecular complexity index is 1060. The lowest BCUT2D eigenvalue weighted by molar-refractivity contribution is -0.114. The number of nitrogens with one attached hydrogen (secondary N) is 1. The lowest BCUT2D eigenvalue weighted by atomic mass is 10.2. The van der Waals surface area contributed by atoms with E-state index in [0.717, 1.165) is 44.2 Å². The monoisotopic (exact) mass is 475 g/mol. The number of hydrogen-bond donors (Lipinski definition) is 1. The molecule has 0 unspecified atom stereocenters. The molecule has 2 fully saturated rings. The van der Waals surface area contributed by atoms with Gasteiger partial charge in [0, 0.05) is 70.7 Å². The van der Waals surface area contributed by atoms with Crippen LogP contribution in [0.15, 0.2) is 53.4 Å². The highest BCUT2D eigenvalue weighted by Crippen LogP contribution is 2.22. The molecule has 0 bridgehead atoms. The van der Waals surface area contributed by atoms with E-state index in [9.17, 15) is 17.6 Å². The number of nitrogens with zero attached hydrogens (tertiary/aromatic N) is 4. The number of carbonyl (C=O) groups is 1. The normalized spacial score (nSPS) is 18.9. The summed E-state index contributed by atoms with van der Waals surface area (Å²) in [6.45, 7) is 8.11. The van der Waals surface area contributed by atoms with Crippen molar-refractivity contribution in [3.63, 3.8) is 0 Å². The Morgan fingerprint density at radius 1 is 0.909 bits per heavy atom. The van der Waals surface area contributed by atoms with Gasteiger partial charge in [-0.2, -0.15) is 4.31 Å². The molecule has 178 valence electrons. The molecule has 1 N–H and O–H groups in total. The summed E-state index contributed by atoms with van der Waals surface area (Å²) in [6, 6.07) is 12.9. The molecule has 0 aromatic heterocycles.